The number of hydrogen-bond donors (Lipinski definition) is 1. The van der Waals surface area contributed by atoms with Gasteiger partial charge in [0.1, 0.15) is 18.1 Å². The van der Waals surface area contributed by atoms with Crippen LogP contribution in [0.4, 0.5) is 0 Å². The van der Waals surface area contributed by atoms with E-state index in [1.165, 1.54) is 6.20 Å². The number of rotatable bonds is 11. The fraction of sp³-hybridized carbons (Fsp3) is 0.381. The lowest BCUT2D eigenvalue weighted by Crippen LogP contribution is -2.31. The lowest BCUT2D eigenvalue weighted by atomic mass is 10.1. The molecule has 1 aromatic carbocycles. The minimum Gasteiger partial charge on any atom is -0.497 e. The van der Waals surface area contributed by atoms with Crippen LogP contribution in [0.2, 0.25) is 0 Å². The molecule has 9 nitrogen and oxygen atoms in total. The predicted octanol–water partition coefficient (Wildman–Crippen LogP) is 3.14. The molecule has 0 radical (unpaired) electrons. The Hall–Kier alpha value is -3.49. The molecule has 1 heterocycles. The van der Waals surface area contributed by atoms with Crippen LogP contribution in [-0.2, 0) is 20.9 Å². The molecule has 9 heteroatoms. The van der Waals surface area contributed by atoms with E-state index in [2.05, 4.69) is 15.5 Å². The summed E-state index contributed by atoms with van der Waals surface area (Å²) in [5, 5.41) is 5.37. The van der Waals surface area contributed by atoms with Crippen molar-refractivity contribution in [1.29, 1.82) is 0 Å². The summed E-state index contributed by atoms with van der Waals surface area (Å²) in [4.78, 5) is 39.0. The number of esters is 1. The van der Waals surface area contributed by atoms with E-state index in [1.54, 1.807) is 33.1 Å². The van der Waals surface area contributed by atoms with E-state index in [0.717, 1.165) is 11.3 Å². The Morgan fingerprint density at radius 2 is 1.83 bits per heavy atom. The van der Waals surface area contributed by atoms with Crippen molar-refractivity contribution in [1.82, 2.24) is 10.3 Å². The first-order chi connectivity index (χ1) is 14.5. The number of nitroso groups, excluding NO2 is 1. The Kier molecular flexibility index (Phi) is 8.74. The molecule has 2 aromatic rings. The van der Waals surface area contributed by atoms with Crippen molar-refractivity contribution in [2.75, 3.05) is 13.7 Å². The molecule has 0 aliphatic carbocycles. The Morgan fingerprint density at radius 3 is 2.40 bits per heavy atom. The molecule has 0 aliphatic heterocycles. The number of benzene rings is 1. The summed E-state index contributed by atoms with van der Waals surface area (Å²) in [6.07, 6.45) is 0.167. The quantitative estimate of drug-likeness (QED) is 0.443. The van der Waals surface area contributed by atoms with Gasteiger partial charge in [0.2, 0.25) is 12.1 Å². The first kappa shape index (κ1) is 22.8. The minimum absolute atomic E-state index is 0.117. The zero-order valence-electron chi connectivity index (χ0n) is 17.2. The molecule has 1 aromatic heterocycles. The molecule has 0 saturated carbocycles. The van der Waals surface area contributed by atoms with Gasteiger partial charge in [0, 0.05) is 6.42 Å². The Labute approximate surface area is 174 Å². The summed E-state index contributed by atoms with van der Waals surface area (Å²) in [5.74, 6) is -0.335. The van der Waals surface area contributed by atoms with Crippen LogP contribution >= 0.6 is 0 Å². The van der Waals surface area contributed by atoms with Gasteiger partial charge in [-0.05, 0) is 41.9 Å². The van der Waals surface area contributed by atoms with Crippen molar-refractivity contribution in [3.8, 4) is 11.5 Å². The number of methoxy groups -OCH3 is 1. The SMILES string of the molecule is CCOC(=O)C(C)CC(=O)NC(N=O)c1ccc(OCc2ccc(OC)cc2)cn1. The number of nitrogens with zero attached hydrogens (tertiary/aromatic N) is 2. The zero-order chi connectivity index (χ0) is 21.9. The van der Waals surface area contributed by atoms with Crippen LogP contribution in [0.5, 0.6) is 11.5 Å². The van der Waals surface area contributed by atoms with E-state index in [-0.39, 0.29) is 18.7 Å². The van der Waals surface area contributed by atoms with Crippen LogP contribution in [0.25, 0.3) is 0 Å². The van der Waals surface area contributed by atoms with E-state index in [4.69, 9.17) is 14.2 Å². The lowest BCUT2D eigenvalue weighted by molar-refractivity contribution is -0.149. The average molecular weight is 415 g/mol. The Morgan fingerprint density at radius 1 is 1.13 bits per heavy atom. The number of amides is 1. The maximum Gasteiger partial charge on any atom is 0.309 e. The molecular formula is C21H25N3O6. The first-order valence-corrected chi connectivity index (χ1v) is 9.47. The second-order valence-corrected chi connectivity index (χ2v) is 6.49. The maximum atomic E-state index is 12.1. The Balaban J connectivity index is 1.90. The molecule has 0 bridgehead atoms. The molecule has 160 valence electrons. The normalized spacial score (nSPS) is 12.4. The van der Waals surface area contributed by atoms with E-state index in [1.807, 2.05) is 24.3 Å². The van der Waals surface area contributed by atoms with Gasteiger partial charge < -0.3 is 19.5 Å². The van der Waals surface area contributed by atoms with Gasteiger partial charge in [0.05, 0.1) is 31.5 Å². The second kappa shape index (κ2) is 11.5. The minimum atomic E-state index is -1.16. The number of carbonyl (C=O) groups is 2. The fourth-order valence-corrected chi connectivity index (χ4v) is 2.54. The number of aromatic nitrogens is 1. The number of pyridine rings is 1. The number of nitrogens with one attached hydrogen (secondary N) is 1. The molecule has 0 fully saturated rings. The van der Waals surface area contributed by atoms with E-state index in [0.29, 0.717) is 12.4 Å². The third kappa shape index (κ3) is 6.84. The summed E-state index contributed by atoms with van der Waals surface area (Å²) in [6.45, 7) is 3.84. The van der Waals surface area contributed by atoms with E-state index < -0.39 is 24.0 Å². The third-order valence-electron chi connectivity index (χ3n) is 4.19. The highest BCUT2D eigenvalue weighted by atomic mass is 16.5. The molecular weight excluding hydrogens is 390 g/mol. The van der Waals surface area contributed by atoms with Gasteiger partial charge in [-0.3, -0.25) is 14.6 Å². The predicted molar refractivity (Wildman–Crippen MR) is 109 cm³/mol. The zero-order valence-corrected chi connectivity index (χ0v) is 17.2. The molecule has 1 N–H and O–H groups in total. The van der Waals surface area contributed by atoms with Gasteiger partial charge in [-0.15, -0.1) is 4.91 Å². The molecule has 0 saturated heterocycles. The number of hydrogen-bond acceptors (Lipinski definition) is 8. The average Bonchev–Trinajstić information content (AvgIpc) is 2.77. The van der Waals surface area contributed by atoms with Crippen molar-refractivity contribution in [3.63, 3.8) is 0 Å². The number of ether oxygens (including phenoxy) is 3. The van der Waals surface area contributed by atoms with Gasteiger partial charge in [-0.2, -0.15) is 0 Å². The topological polar surface area (TPSA) is 116 Å². The molecule has 30 heavy (non-hydrogen) atoms. The largest absolute Gasteiger partial charge is 0.497 e. The van der Waals surface area contributed by atoms with Gasteiger partial charge in [-0.1, -0.05) is 19.1 Å². The molecule has 1 amide bonds. The van der Waals surface area contributed by atoms with Crippen LogP contribution in [0.1, 0.15) is 37.7 Å². The van der Waals surface area contributed by atoms with Crippen molar-refractivity contribution in [2.45, 2.75) is 33.0 Å². The highest BCUT2D eigenvalue weighted by Gasteiger charge is 2.22. The molecule has 0 aliphatic rings. The molecule has 0 spiro atoms. The lowest BCUT2D eigenvalue weighted by Gasteiger charge is -2.14. The van der Waals surface area contributed by atoms with Crippen LogP contribution in [0.15, 0.2) is 47.8 Å². The monoisotopic (exact) mass is 415 g/mol. The summed E-state index contributed by atoms with van der Waals surface area (Å²) in [6, 6.07) is 10.6. The molecule has 2 unspecified atom stereocenters. The van der Waals surface area contributed by atoms with Gasteiger partial charge in [0.25, 0.3) is 0 Å². The molecule has 2 atom stereocenters. The fourth-order valence-electron chi connectivity index (χ4n) is 2.54. The molecule has 2 rings (SSSR count). The standard InChI is InChI=1S/C21H25N3O6/c1-4-29-21(26)14(2)11-19(25)23-20(24-27)18-10-9-17(12-22-18)30-13-15-5-7-16(28-3)8-6-15/h5-10,12,14,20H,4,11,13H2,1-3H3,(H,23,25). The van der Waals surface area contributed by atoms with Crippen molar-refractivity contribution >= 4 is 11.9 Å². The van der Waals surface area contributed by atoms with Gasteiger partial charge in [-0.25, -0.2) is 0 Å². The third-order valence-corrected chi connectivity index (χ3v) is 4.19. The van der Waals surface area contributed by atoms with Crippen LogP contribution in [-0.4, -0.2) is 30.6 Å². The van der Waals surface area contributed by atoms with Crippen LogP contribution in [0, 0.1) is 10.8 Å². The summed E-state index contributed by atoms with van der Waals surface area (Å²) in [7, 11) is 1.60. The van der Waals surface area contributed by atoms with E-state index in [9.17, 15) is 14.5 Å². The van der Waals surface area contributed by atoms with Gasteiger partial charge >= 0.3 is 5.97 Å². The second-order valence-electron chi connectivity index (χ2n) is 6.49. The van der Waals surface area contributed by atoms with Crippen LogP contribution in [0.3, 0.4) is 0 Å². The summed E-state index contributed by atoms with van der Waals surface area (Å²) in [5.41, 5.74) is 1.22. The van der Waals surface area contributed by atoms with Gasteiger partial charge in [0.15, 0.2) is 0 Å². The maximum absolute atomic E-state index is 12.1. The van der Waals surface area contributed by atoms with Crippen molar-refractivity contribution in [3.05, 3.63) is 58.8 Å². The highest BCUT2D eigenvalue weighted by molar-refractivity contribution is 5.83. The van der Waals surface area contributed by atoms with E-state index >= 15 is 0 Å². The first-order valence-electron chi connectivity index (χ1n) is 9.47. The Bertz CT molecular complexity index is 839. The number of carbonyl (C=O) groups excluding carboxylic acids is 2. The van der Waals surface area contributed by atoms with Crippen molar-refractivity contribution < 1.29 is 23.8 Å². The highest BCUT2D eigenvalue weighted by Crippen LogP contribution is 2.18. The van der Waals surface area contributed by atoms with Crippen LogP contribution < -0.4 is 14.8 Å². The van der Waals surface area contributed by atoms with Crippen molar-refractivity contribution in [2.24, 2.45) is 11.1 Å². The smallest absolute Gasteiger partial charge is 0.309 e. The summed E-state index contributed by atoms with van der Waals surface area (Å²) >= 11 is 0. The summed E-state index contributed by atoms with van der Waals surface area (Å²) < 4.78 is 15.6.